The van der Waals surface area contributed by atoms with E-state index in [0.29, 0.717) is 18.2 Å². The normalized spacial score (nSPS) is 22.8. The minimum absolute atomic E-state index is 0.00789. The highest BCUT2D eigenvalue weighted by Gasteiger charge is 2.18. The molecular weight excluding hydrogens is 278 g/mol. The number of pyridine rings is 1. The molecule has 6 nitrogen and oxygen atoms in total. The molecule has 120 valence electrons. The van der Waals surface area contributed by atoms with Crippen LogP contribution in [0.5, 0.6) is 0 Å². The number of amides is 1. The van der Waals surface area contributed by atoms with E-state index in [1.54, 1.807) is 12.3 Å². The Morgan fingerprint density at radius 3 is 2.95 bits per heavy atom. The van der Waals surface area contributed by atoms with E-state index in [1.807, 2.05) is 6.07 Å². The van der Waals surface area contributed by atoms with Gasteiger partial charge in [-0.2, -0.15) is 0 Å². The molecule has 1 aromatic heterocycles. The molecule has 1 atom stereocenters. The van der Waals surface area contributed by atoms with Crippen LogP contribution in [0, 0.1) is 0 Å². The van der Waals surface area contributed by atoms with E-state index in [0.717, 1.165) is 45.0 Å². The van der Waals surface area contributed by atoms with Gasteiger partial charge in [-0.3, -0.25) is 4.79 Å². The Hall–Kier alpha value is -1.66. The minimum atomic E-state index is -0.00789. The predicted molar refractivity (Wildman–Crippen MR) is 87.3 cm³/mol. The molecular formula is C16H25N5O. The van der Waals surface area contributed by atoms with Gasteiger partial charge in [0.2, 0.25) is 0 Å². The van der Waals surface area contributed by atoms with Crippen LogP contribution in [-0.2, 0) is 0 Å². The van der Waals surface area contributed by atoms with Crippen molar-refractivity contribution in [2.24, 2.45) is 0 Å². The summed E-state index contributed by atoms with van der Waals surface area (Å²) in [4.78, 5) is 21.3. The smallest absolute Gasteiger partial charge is 0.251 e. The maximum atomic E-state index is 12.3. The molecule has 6 heteroatoms. The zero-order chi connectivity index (χ0) is 15.4. The summed E-state index contributed by atoms with van der Waals surface area (Å²) in [5.74, 6) is 0.895. The van der Waals surface area contributed by atoms with Crippen molar-refractivity contribution < 1.29 is 4.79 Å². The number of nitrogens with one attached hydrogen (secondary N) is 2. The van der Waals surface area contributed by atoms with Crippen molar-refractivity contribution in [3.63, 3.8) is 0 Å². The van der Waals surface area contributed by atoms with Crippen molar-refractivity contribution in [1.82, 2.24) is 20.5 Å². The van der Waals surface area contributed by atoms with E-state index in [4.69, 9.17) is 0 Å². The summed E-state index contributed by atoms with van der Waals surface area (Å²) in [5.41, 5.74) is 0.696. The van der Waals surface area contributed by atoms with Crippen molar-refractivity contribution in [2.75, 3.05) is 51.2 Å². The first-order chi connectivity index (χ1) is 10.7. The number of nitrogens with zero attached hydrogens (tertiary/aromatic N) is 3. The van der Waals surface area contributed by atoms with E-state index < -0.39 is 0 Å². The van der Waals surface area contributed by atoms with E-state index in [2.05, 4.69) is 32.5 Å². The lowest BCUT2D eigenvalue weighted by Gasteiger charge is -2.33. The number of anilines is 1. The number of rotatable bonds is 4. The van der Waals surface area contributed by atoms with Crippen LogP contribution in [0.1, 0.15) is 23.2 Å². The van der Waals surface area contributed by atoms with E-state index in [9.17, 15) is 4.79 Å². The van der Waals surface area contributed by atoms with Crippen LogP contribution < -0.4 is 15.5 Å². The Bertz CT molecular complexity index is 507. The minimum Gasteiger partial charge on any atom is -0.354 e. The quantitative estimate of drug-likeness (QED) is 0.839. The van der Waals surface area contributed by atoms with Gasteiger partial charge in [0.15, 0.2) is 0 Å². The molecule has 0 saturated carbocycles. The fourth-order valence-corrected chi connectivity index (χ4v) is 3.02. The third-order valence-electron chi connectivity index (χ3n) is 4.51. The van der Waals surface area contributed by atoms with Crippen LogP contribution in [-0.4, -0.2) is 68.1 Å². The predicted octanol–water partition coefficient (Wildman–Crippen LogP) is 0.315. The lowest BCUT2D eigenvalue weighted by atomic mass is 10.2. The number of carbonyl (C=O) groups is 1. The monoisotopic (exact) mass is 303 g/mol. The van der Waals surface area contributed by atoms with Gasteiger partial charge in [0.25, 0.3) is 5.91 Å². The first kappa shape index (κ1) is 15.2. The molecule has 1 unspecified atom stereocenters. The molecule has 0 spiro atoms. The van der Waals surface area contributed by atoms with E-state index in [-0.39, 0.29) is 5.91 Å². The molecule has 0 radical (unpaired) electrons. The highest BCUT2D eigenvalue weighted by molar-refractivity contribution is 5.94. The second-order valence-electron chi connectivity index (χ2n) is 6.20. The molecule has 3 rings (SSSR count). The molecule has 1 amide bonds. The largest absolute Gasteiger partial charge is 0.354 e. The molecule has 2 fully saturated rings. The first-order valence-corrected chi connectivity index (χ1v) is 8.13. The van der Waals surface area contributed by atoms with Crippen molar-refractivity contribution in [3.05, 3.63) is 23.9 Å². The Labute approximate surface area is 131 Å². The average molecular weight is 303 g/mol. The summed E-state index contributed by atoms with van der Waals surface area (Å²) in [6.45, 7) is 5.74. The van der Waals surface area contributed by atoms with Crippen LogP contribution in [0.2, 0.25) is 0 Å². The van der Waals surface area contributed by atoms with Gasteiger partial charge in [0.05, 0.1) is 0 Å². The number of carbonyl (C=O) groups excluding carboxylic acids is 1. The van der Waals surface area contributed by atoms with Crippen molar-refractivity contribution >= 4 is 11.7 Å². The lowest BCUT2D eigenvalue weighted by Crippen LogP contribution is -2.45. The van der Waals surface area contributed by atoms with Crippen LogP contribution >= 0.6 is 0 Å². The topological polar surface area (TPSA) is 60.5 Å². The summed E-state index contributed by atoms with van der Waals surface area (Å²) < 4.78 is 0. The highest BCUT2D eigenvalue weighted by atomic mass is 16.1. The average Bonchev–Trinajstić information content (AvgIpc) is 3.07. The SMILES string of the molecule is CN1CCN(c2cc(C(=O)NCC3CCCN3)ccn2)CC1. The molecule has 2 N–H and O–H groups in total. The summed E-state index contributed by atoms with van der Waals surface area (Å²) in [6, 6.07) is 4.11. The van der Waals surface area contributed by atoms with Crippen molar-refractivity contribution in [1.29, 1.82) is 0 Å². The zero-order valence-electron chi connectivity index (χ0n) is 13.2. The molecule has 0 bridgehead atoms. The summed E-state index contributed by atoms with van der Waals surface area (Å²) in [6.07, 6.45) is 4.07. The fourth-order valence-electron chi connectivity index (χ4n) is 3.02. The third kappa shape index (κ3) is 3.75. The van der Waals surface area contributed by atoms with E-state index in [1.165, 1.54) is 6.42 Å². The van der Waals surface area contributed by atoms with Crippen LogP contribution in [0.4, 0.5) is 5.82 Å². The molecule has 2 aliphatic heterocycles. The maximum absolute atomic E-state index is 12.3. The Morgan fingerprint density at radius 2 is 2.23 bits per heavy atom. The van der Waals surface area contributed by atoms with Crippen LogP contribution in [0.15, 0.2) is 18.3 Å². The lowest BCUT2D eigenvalue weighted by molar-refractivity contribution is 0.0950. The second-order valence-corrected chi connectivity index (χ2v) is 6.20. The third-order valence-corrected chi connectivity index (χ3v) is 4.51. The van der Waals surface area contributed by atoms with Gasteiger partial charge in [-0.05, 0) is 38.6 Å². The molecule has 22 heavy (non-hydrogen) atoms. The summed E-state index contributed by atoms with van der Waals surface area (Å²) in [7, 11) is 2.13. The first-order valence-electron chi connectivity index (χ1n) is 8.13. The number of aromatic nitrogens is 1. The van der Waals surface area contributed by atoms with Crippen LogP contribution in [0.25, 0.3) is 0 Å². The Kier molecular flexibility index (Phi) is 4.90. The molecule has 2 saturated heterocycles. The second kappa shape index (κ2) is 7.07. The fraction of sp³-hybridized carbons (Fsp3) is 0.625. The van der Waals surface area contributed by atoms with Gasteiger partial charge in [-0.15, -0.1) is 0 Å². The van der Waals surface area contributed by atoms with Gasteiger partial charge in [0, 0.05) is 50.5 Å². The number of hydrogen-bond donors (Lipinski definition) is 2. The van der Waals surface area contributed by atoms with Gasteiger partial charge in [0.1, 0.15) is 5.82 Å². The number of likely N-dealkylation sites (N-methyl/N-ethyl adjacent to an activating group) is 1. The van der Waals surface area contributed by atoms with Gasteiger partial charge in [-0.25, -0.2) is 4.98 Å². The number of piperazine rings is 1. The zero-order valence-corrected chi connectivity index (χ0v) is 13.2. The van der Waals surface area contributed by atoms with Crippen LogP contribution in [0.3, 0.4) is 0 Å². The molecule has 2 aliphatic rings. The van der Waals surface area contributed by atoms with Crippen molar-refractivity contribution in [3.8, 4) is 0 Å². The Balaban J connectivity index is 1.59. The standard InChI is InChI=1S/C16H25N5O/c1-20-7-9-21(10-8-20)15-11-13(4-6-18-15)16(22)19-12-14-3-2-5-17-14/h4,6,11,14,17H,2-3,5,7-10,12H2,1H3,(H,19,22). The van der Waals surface area contributed by atoms with Crippen molar-refractivity contribution in [2.45, 2.75) is 18.9 Å². The van der Waals surface area contributed by atoms with Gasteiger partial charge in [-0.1, -0.05) is 0 Å². The summed E-state index contributed by atoms with van der Waals surface area (Å²) in [5, 5.41) is 6.41. The highest BCUT2D eigenvalue weighted by Crippen LogP contribution is 2.15. The maximum Gasteiger partial charge on any atom is 0.251 e. The molecule has 1 aromatic rings. The van der Waals surface area contributed by atoms with E-state index >= 15 is 0 Å². The molecule has 0 aromatic carbocycles. The molecule has 0 aliphatic carbocycles. The summed E-state index contributed by atoms with van der Waals surface area (Å²) >= 11 is 0. The van der Waals surface area contributed by atoms with Gasteiger partial charge >= 0.3 is 0 Å². The Morgan fingerprint density at radius 1 is 1.41 bits per heavy atom. The number of hydrogen-bond acceptors (Lipinski definition) is 5. The van der Waals surface area contributed by atoms with Gasteiger partial charge < -0.3 is 20.4 Å². The molecule has 3 heterocycles.